The second-order valence-corrected chi connectivity index (χ2v) is 6.70. The third-order valence-corrected chi connectivity index (χ3v) is 4.92. The normalized spacial score (nSPS) is 31.2. The van der Waals surface area contributed by atoms with Crippen molar-refractivity contribution >= 4 is 11.3 Å². The highest BCUT2D eigenvalue weighted by Gasteiger charge is 2.34. The quantitative estimate of drug-likeness (QED) is 0.890. The maximum absolute atomic E-state index is 4.65. The molecule has 0 radical (unpaired) electrons. The Hall–Kier alpha value is -0.490. The number of aromatic nitrogens is 1. The summed E-state index contributed by atoms with van der Waals surface area (Å²) in [7, 11) is 0. The third kappa shape index (κ3) is 2.59. The minimum atomic E-state index is 0.538. The van der Waals surface area contributed by atoms with Crippen LogP contribution >= 0.6 is 11.3 Å². The van der Waals surface area contributed by atoms with Crippen molar-refractivity contribution in [3.8, 4) is 0 Å². The highest BCUT2D eigenvalue weighted by Crippen LogP contribution is 2.31. The molecule has 4 heterocycles. The fraction of sp³-hybridized carbons (Fsp3) is 0.769. The third-order valence-electron chi connectivity index (χ3n) is 3.82. The molecule has 1 atom stereocenters. The van der Waals surface area contributed by atoms with E-state index >= 15 is 0 Å². The standard InChI is InChI=1S/C13H22N4S/c1-10(2)14-7-11-8-15-13(18-11)12-9-16-3-5-17(12)6-4-16/h8,10,12,14H,3-7,9H2,1-2H3. The van der Waals surface area contributed by atoms with E-state index in [4.69, 9.17) is 0 Å². The molecule has 3 aliphatic rings. The highest BCUT2D eigenvalue weighted by molar-refractivity contribution is 7.11. The molecule has 0 aromatic carbocycles. The topological polar surface area (TPSA) is 31.4 Å². The van der Waals surface area contributed by atoms with Gasteiger partial charge >= 0.3 is 0 Å². The molecule has 4 rings (SSSR count). The summed E-state index contributed by atoms with van der Waals surface area (Å²) in [4.78, 5) is 11.2. The van der Waals surface area contributed by atoms with Crippen molar-refractivity contribution in [3.05, 3.63) is 16.1 Å². The average Bonchev–Trinajstić information content (AvgIpc) is 2.86. The van der Waals surface area contributed by atoms with E-state index in [1.807, 2.05) is 17.5 Å². The van der Waals surface area contributed by atoms with Crippen LogP contribution in [0.1, 0.15) is 29.8 Å². The second kappa shape index (κ2) is 5.25. The molecule has 5 heteroatoms. The van der Waals surface area contributed by atoms with E-state index in [0.29, 0.717) is 12.1 Å². The zero-order chi connectivity index (χ0) is 12.5. The Morgan fingerprint density at radius 2 is 2.17 bits per heavy atom. The number of hydrogen-bond acceptors (Lipinski definition) is 5. The van der Waals surface area contributed by atoms with Gasteiger partial charge in [-0.15, -0.1) is 11.3 Å². The molecule has 1 unspecified atom stereocenters. The van der Waals surface area contributed by atoms with E-state index in [1.165, 1.54) is 42.6 Å². The summed E-state index contributed by atoms with van der Waals surface area (Å²) in [6.45, 7) is 11.4. The van der Waals surface area contributed by atoms with Gasteiger partial charge in [-0.1, -0.05) is 13.8 Å². The van der Waals surface area contributed by atoms with Gasteiger partial charge in [0, 0.05) is 56.4 Å². The maximum atomic E-state index is 4.65. The minimum absolute atomic E-state index is 0.538. The van der Waals surface area contributed by atoms with Gasteiger partial charge in [0.15, 0.2) is 0 Å². The summed E-state index contributed by atoms with van der Waals surface area (Å²) in [5.74, 6) is 0. The SMILES string of the molecule is CC(C)NCc1cnc(C2CN3CCN2CC3)s1. The molecular weight excluding hydrogens is 244 g/mol. The molecule has 18 heavy (non-hydrogen) atoms. The first-order valence-electron chi connectivity index (χ1n) is 6.87. The van der Waals surface area contributed by atoms with Crippen molar-refractivity contribution in [2.75, 3.05) is 32.7 Å². The second-order valence-electron chi connectivity index (χ2n) is 5.55. The monoisotopic (exact) mass is 266 g/mol. The van der Waals surface area contributed by atoms with Crippen LogP contribution in [0, 0.1) is 0 Å². The van der Waals surface area contributed by atoms with Crippen molar-refractivity contribution in [2.24, 2.45) is 0 Å². The average molecular weight is 266 g/mol. The summed E-state index contributed by atoms with van der Waals surface area (Å²) in [6, 6.07) is 1.08. The summed E-state index contributed by atoms with van der Waals surface area (Å²) >= 11 is 1.88. The Morgan fingerprint density at radius 1 is 1.39 bits per heavy atom. The minimum Gasteiger partial charge on any atom is -0.310 e. The van der Waals surface area contributed by atoms with E-state index in [2.05, 4.69) is 33.9 Å². The lowest BCUT2D eigenvalue weighted by Gasteiger charge is -2.46. The van der Waals surface area contributed by atoms with Gasteiger partial charge in [0.25, 0.3) is 0 Å². The van der Waals surface area contributed by atoms with Crippen LogP contribution in [0.25, 0.3) is 0 Å². The summed E-state index contributed by atoms with van der Waals surface area (Å²) in [5, 5.41) is 4.76. The van der Waals surface area contributed by atoms with Crippen molar-refractivity contribution in [3.63, 3.8) is 0 Å². The number of nitrogens with one attached hydrogen (secondary N) is 1. The molecule has 0 amide bonds. The Morgan fingerprint density at radius 3 is 2.78 bits per heavy atom. The molecule has 3 saturated heterocycles. The van der Waals surface area contributed by atoms with Crippen molar-refractivity contribution < 1.29 is 0 Å². The van der Waals surface area contributed by atoms with Crippen LogP contribution in [0.15, 0.2) is 6.20 Å². The van der Waals surface area contributed by atoms with Crippen LogP contribution in [0.4, 0.5) is 0 Å². The largest absolute Gasteiger partial charge is 0.310 e. The van der Waals surface area contributed by atoms with Gasteiger partial charge in [0.05, 0.1) is 6.04 Å². The lowest BCUT2D eigenvalue weighted by atomic mass is 10.1. The van der Waals surface area contributed by atoms with Crippen molar-refractivity contribution in [1.82, 2.24) is 20.1 Å². The van der Waals surface area contributed by atoms with E-state index in [0.717, 1.165) is 6.54 Å². The zero-order valence-electron chi connectivity index (χ0n) is 11.2. The summed E-state index contributed by atoms with van der Waals surface area (Å²) in [6.07, 6.45) is 2.05. The van der Waals surface area contributed by atoms with Gasteiger partial charge in [-0.25, -0.2) is 4.98 Å². The van der Waals surface area contributed by atoms with Crippen LogP contribution < -0.4 is 5.32 Å². The van der Waals surface area contributed by atoms with Gasteiger partial charge in [-0.2, -0.15) is 0 Å². The highest BCUT2D eigenvalue weighted by atomic mass is 32.1. The molecule has 0 aliphatic carbocycles. The van der Waals surface area contributed by atoms with Crippen LogP contribution in [0.2, 0.25) is 0 Å². The molecule has 4 nitrogen and oxygen atoms in total. The smallest absolute Gasteiger partial charge is 0.111 e. The van der Waals surface area contributed by atoms with Crippen molar-refractivity contribution in [2.45, 2.75) is 32.5 Å². The van der Waals surface area contributed by atoms with Crippen LogP contribution in [0.3, 0.4) is 0 Å². The number of rotatable bonds is 4. The van der Waals surface area contributed by atoms with Gasteiger partial charge in [0.2, 0.25) is 0 Å². The first-order chi connectivity index (χ1) is 8.72. The van der Waals surface area contributed by atoms with Gasteiger partial charge in [0.1, 0.15) is 5.01 Å². The Bertz CT molecular complexity index is 395. The molecule has 0 saturated carbocycles. The Balaban J connectivity index is 1.66. The van der Waals surface area contributed by atoms with Gasteiger partial charge in [-0.3, -0.25) is 9.80 Å². The predicted octanol–water partition coefficient (Wildman–Crippen LogP) is 1.31. The van der Waals surface area contributed by atoms with E-state index in [-0.39, 0.29) is 0 Å². The molecule has 0 spiro atoms. The molecule has 100 valence electrons. The number of thiazole rings is 1. The summed E-state index contributed by atoms with van der Waals surface area (Å²) in [5.41, 5.74) is 0. The first kappa shape index (κ1) is 12.5. The predicted molar refractivity (Wildman–Crippen MR) is 74.8 cm³/mol. The number of hydrogen-bond donors (Lipinski definition) is 1. The van der Waals surface area contributed by atoms with Crippen LogP contribution in [0.5, 0.6) is 0 Å². The van der Waals surface area contributed by atoms with Gasteiger partial charge < -0.3 is 5.32 Å². The van der Waals surface area contributed by atoms with E-state index < -0.39 is 0 Å². The van der Waals surface area contributed by atoms with Crippen molar-refractivity contribution in [1.29, 1.82) is 0 Å². The molecular formula is C13H22N4S. The Labute approximate surface area is 113 Å². The molecule has 1 aromatic rings. The number of fused-ring (bicyclic) bond motifs is 3. The zero-order valence-corrected chi connectivity index (χ0v) is 12.0. The number of nitrogens with zero attached hydrogens (tertiary/aromatic N) is 3. The molecule has 1 N–H and O–H groups in total. The molecule has 3 aliphatic heterocycles. The number of piperazine rings is 3. The van der Waals surface area contributed by atoms with E-state index in [1.54, 1.807) is 0 Å². The Kier molecular flexibility index (Phi) is 3.66. The maximum Gasteiger partial charge on any atom is 0.111 e. The van der Waals surface area contributed by atoms with E-state index in [9.17, 15) is 0 Å². The summed E-state index contributed by atoms with van der Waals surface area (Å²) < 4.78 is 0. The molecule has 1 aromatic heterocycles. The van der Waals surface area contributed by atoms with Crippen LogP contribution in [-0.4, -0.2) is 53.5 Å². The van der Waals surface area contributed by atoms with Gasteiger partial charge in [-0.05, 0) is 0 Å². The fourth-order valence-electron chi connectivity index (χ4n) is 2.72. The fourth-order valence-corrected chi connectivity index (χ4v) is 3.71. The van der Waals surface area contributed by atoms with Crippen LogP contribution in [-0.2, 0) is 6.54 Å². The lowest BCUT2D eigenvalue weighted by Crippen LogP contribution is -2.56. The molecule has 3 fully saturated rings. The molecule has 2 bridgehead atoms. The lowest BCUT2D eigenvalue weighted by molar-refractivity contribution is 0.0122. The first-order valence-corrected chi connectivity index (χ1v) is 7.68.